The standard InChI is InChI=1S/C18H16ClF2N5O2S/c19-12-3-1-2-11-13(4-5-28-16(11)12)23-18(27)25-15-9-29-17(24-15)10-6-22-26(7-10)8-14(20)21/h1-3,6-7,9,13-14H,4-5,8H2,(H2,23,25,27)/t13-/m0/s1. The first-order valence-corrected chi connectivity index (χ1v) is 10.0. The van der Waals surface area contributed by atoms with Crippen molar-refractivity contribution in [1.82, 2.24) is 20.1 Å². The first kappa shape index (κ1) is 19.6. The van der Waals surface area contributed by atoms with Gasteiger partial charge in [-0.05, 0) is 6.07 Å². The van der Waals surface area contributed by atoms with E-state index in [0.29, 0.717) is 40.2 Å². The first-order valence-electron chi connectivity index (χ1n) is 8.75. The van der Waals surface area contributed by atoms with E-state index < -0.39 is 19.0 Å². The number of para-hydroxylation sites is 1. The molecule has 2 amide bonds. The molecule has 11 heteroatoms. The number of anilines is 1. The van der Waals surface area contributed by atoms with Crippen LogP contribution in [0.1, 0.15) is 18.0 Å². The predicted octanol–water partition coefficient (Wildman–Crippen LogP) is 4.57. The normalized spacial score (nSPS) is 15.7. The first-order chi connectivity index (χ1) is 14.0. The van der Waals surface area contributed by atoms with Gasteiger partial charge in [0, 0.05) is 29.1 Å². The van der Waals surface area contributed by atoms with Gasteiger partial charge in [0.15, 0.2) is 0 Å². The van der Waals surface area contributed by atoms with E-state index >= 15 is 0 Å². The number of thiazole rings is 1. The van der Waals surface area contributed by atoms with Crippen molar-refractivity contribution in [2.24, 2.45) is 0 Å². The smallest absolute Gasteiger partial charge is 0.320 e. The average Bonchev–Trinajstić information content (AvgIpc) is 3.31. The minimum absolute atomic E-state index is 0.233. The number of ether oxygens (including phenoxy) is 1. The Labute approximate surface area is 173 Å². The summed E-state index contributed by atoms with van der Waals surface area (Å²) in [7, 11) is 0. The van der Waals surface area contributed by atoms with E-state index in [2.05, 4.69) is 20.7 Å². The van der Waals surface area contributed by atoms with Crippen LogP contribution >= 0.6 is 22.9 Å². The van der Waals surface area contributed by atoms with Gasteiger partial charge in [0.05, 0.1) is 23.9 Å². The molecule has 0 saturated heterocycles. The average molecular weight is 440 g/mol. The molecule has 29 heavy (non-hydrogen) atoms. The molecule has 0 radical (unpaired) electrons. The SMILES string of the molecule is O=C(Nc1csc(-c2cnn(CC(F)F)c2)n1)N[C@H]1CCOc2c(Cl)cccc21. The minimum Gasteiger partial charge on any atom is -0.492 e. The summed E-state index contributed by atoms with van der Waals surface area (Å²) >= 11 is 7.44. The number of benzene rings is 1. The fourth-order valence-corrected chi connectivity index (χ4v) is 3.99. The zero-order valence-electron chi connectivity index (χ0n) is 14.9. The molecule has 0 unspecified atom stereocenters. The second-order valence-corrected chi connectivity index (χ2v) is 7.59. The fraction of sp³-hybridized carbons (Fsp3) is 0.278. The molecule has 152 valence electrons. The van der Waals surface area contributed by atoms with Crippen molar-refractivity contribution < 1.29 is 18.3 Å². The highest BCUT2D eigenvalue weighted by atomic mass is 35.5. The molecule has 0 aliphatic carbocycles. The number of halogens is 3. The minimum atomic E-state index is -2.48. The van der Waals surface area contributed by atoms with Crippen LogP contribution in [0, 0.1) is 0 Å². The van der Waals surface area contributed by atoms with Gasteiger partial charge in [0.1, 0.15) is 23.1 Å². The Balaban J connectivity index is 1.40. The maximum Gasteiger partial charge on any atom is 0.320 e. The van der Waals surface area contributed by atoms with Crippen LogP contribution in [0.3, 0.4) is 0 Å². The number of carbonyl (C=O) groups excluding carboxylic acids is 1. The quantitative estimate of drug-likeness (QED) is 0.610. The van der Waals surface area contributed by atoms with Crippen LogP contribution in [0.4, 0.5) is 19.4 Å². The maximum absolute atomic E-state index is 12.4. The summed E-state index contributed by atoms with van der Waals surface area (Å²) in [6.45, 7) is -0.0272. The van der Waals surface area contributed by atoms with Crippen molar-refractivity contribution in [3.63, 3.8) is 0 Å². The highest BCUT2D eigenvalue weighted by Gasteiger charge is 2.25. The molecule has 2 N–H and O–H groups in total. The van der Waals surface area contributed by atoms with Gasteiger partial charge in [-0.2, -0.15) is 5.10 Å². The lowest BCUT2D eigenvalue weighted by atomic mass is 10.0. The molecule has 2 aromatic heterocycles. The Morgan fingerprint density at radius 2 is 2.31 bits per heavy atom. The second-order valence-electron chi connectivity index (χ2n) is 6.33. The largest absolute Gasteiger partial charge is 0.492 e. The molecule has 1 atom stereocenters. The Morgan fingerprint density at radius 3 is 3.14 bits per heavy atom. The van der Waals surface area contributed by atoms with E-state index in [-0.39, 0.29) is 6.04 Å². The molecule has 0 bridgehead atoms. The highest BCUT2D eigenvalue weighted by Crippen LogP contribution is 2.37. The molecule has 1 aliphatic heterocycles. The third-order valence-electron chi connectivity index (χ3n) is 4.28. The highest BCUT2D eigenvalue weighted by molar-refractivity contribution is 7.13. The number of amides is 2. The monoisotopic (exact) mass is 439 g/mol. The van der Waals surface area contributed by atoms with Gasteiger partial charge in [-0.3, -0.25) is 10.00 Å². The van der Waals surface area contributed by atoms with Crippen LogP contribution in [0.15, 0.2) is 36.0 Å². The summed E-state index contributed by atoms with van der Waals surface area (Å²) in [5, 5.41) is 12.2. The van der Waals surface area contributed by atoms with Crippen molar-refractivity contribution in [3.8, 4) is 16.3 Å². The molecule has 0 saturated carbocycles. The molecule has 1 aromatic carbocycles. The third kappa shape index (κ3) is 4.48. The molecule has 3 aromatic rings. The lowest BCUT2D eigenvalue weighted by Gasteiger charge is -2.27. The number of hydrogen-bond donors (Lipinski definition) is 2. The number of hydrogen-bond acceptors (Lipinski definition) is 5. The molecule has 4 rings (SSSR count). The van der Waals surface area contributed by atoms with Crippen LogP contribution in [-0.2, 0) is 6.54 Å². The van der Waals surface area contributed by atoms with E-state index in [1.807, 2.05) is 12.1 Å². The number of nitrogens with one attached hydrogen (secondary N) is 2. The summed E-state index contributed by atoms with van der Waals surface area (Å²) in [4.78, 5) is 16.7. The van der Waals surface area contributed by atoms with Crippen LogP contribution in [-0.4, -0.2) is 33.8 Å². The number of carbonyl (C=O) groups is 1. The van der Waals surface area contributed by atoms with Crippen LogP contribution in [0.2, 0.25) is 5.02 Å². The van der Waals surface area contributed by atoms with Gasteiger partial charge >= 0.3 is 6.03 Å². The Morgan fingerprint density at radius 1 is 1.45 bits per heavy atom. The van der Waals surface area contributed by atoms with Gasteiger partial charge in [-0.25, -0.2) is 18.6 Å². The number of nitrogens with zero attached hydrogens (tertiary/aromatic N) is 3. The molecular weight excluding hydrogens is 424 g/mol. The van der Waals surface area contributed by atoms with Crippen molar-refractivity contribution in [2.75, 3.05) is 11.9 Å². The van der Waals surface area contributed by atoms with Crippen molar-refractivity contribution >= 4 is 34.8 Å². The molecule has 1 aliphatic rings. The zero-order chi connectivity index (χ0) is 20.4. The van der Waals surface area contributed by atoms with Crippen molar-refractivity contribution in [3.05, 3.63) is 46.6 Å². The summed E-state index contributed by atoms with van der Waals surface area (Å²) in [6, 6.07) is 4.77. The summed E-state index contributed by atoms with van der Waals surface area (Å²) in [5.74, 6) is 0.949. The summed E-state index contributed by atoms with van der Waals surface area (Å²) in [6.07, 6.45) is 1.10. The number of aromatic nitrogens is 3. The van der Waals surface area contributed by atoms with Crippen LogP contribution in [0.25, 0.3) is 10.6 Å². The van der Waals surface area contributed by atoms with E-state index in [1.165, 1.54) is 23.7 Å². The molecule has 7 nitrogen and oxygen atoms in total. The zero-order valence-corrected chi connectivity index (χ0v) is 16.5. The Bertz CT molecular complexity index is 1030. The van der Waals surface area contributed by atoms with E-state index in [4.69, 9.17) is 16.3 Å². The fourth-order valence-electron chi connectivity index (χ4n) is 3.03. The summed E-state index contributed by atoms with van der Waals surface area (Å²) < 4.78 is 31.6. The number of rotatable bonds is 5. The molecule has 3 heterocycles. The lowest BCUT2D eigenvalue weighted by molar-refractivity contribution is 0.122. The maximum atomic E-state index is 12.4. The number of fused-ring (bicyclic) bond motifs is 1. The molecule has 0 fully saturated rings. The van der Waals surface area contributed by atoms with E-state index in [0.717, 1.165) is 10.2 Å². The lowest BCUT2D eigenvalue weighted by Crippen LogP contribution is -2.35. The predicted molar refractivity (Wildman–Crippen MR) is 106 cm³/mol. The number of urea groups is 1. The van der Waals surface area contributed by atoms with E-state index in [1.54, 1.807) is 11.4 Å². The van der Waals surface area contributed by atoms with Gasteiger partial charge < -0.3 is 10.1 Å². The van der Waals surface area contributed by atoms with E-state index in [9.17, 15) is 13.6 Å². The van der Waals surface area contributed by atoms with Gasteiger partial charge in [0.25, 0.3) is 6.43 Å². The van der Waals surface area contributed by atoms with Gasteiger partial charge in [-0.15, -0.1) is 11.3 Å². The third-order valence-corrected chi connectivity index (χ3v) is 5.47. The van der Waals surface area contributed by atoms with Gasteiger partial charge in [-0.1, -0.05) is 23.7 Å². The van der Waals surface area contributed by atoms with Gasteiger partial charge in [0.2, 0.25) is 0 Å². The topological polar surface area (TPSA) is 81.1 Å². The van der Waals surface area contributed by atoms with Crippen molar-refractivity contribution in [1.29, 1.82) is 0 Å². The molecule has 0 spiro atoms. The Hall–Kier alpha value is -2.72. The second kappa shape index (κ2) is 8.34. The number of alkyl halides is 2. The molecular formula is C18H16ClF2N5O2S. The van der Waals surface area contributed by atoms with Crippen LogP contribution < -0.4 is 15.4 Å². The van der Waals surface area contributed by atoms with Crippen molar-refractivity contribution in [2.45, 2.75) is 25.4 Å². The Kier molecular flexibility index (Phi) is 5.63. The van der Waals surface area contributed by atoms with Crippen LogP contribution in [0.5, 0.6) is 5.75 Å². The summed E-state index contributed by atoms with van der Waals surface area (Å²) in [5.41, 5.74) is 1.43.